The summed E-state index contributed by atoms with van der Waals surface area (Å²) in [5, 5.41) is 15.3. The Morgan fingerprint density at radius 3 is 2.66 bits per heavy atom. The molecule has 3 N–H and O–H groups in total. The maximum Gasteiger partial charge on any atom is 0.266 e. The van der Waals surface area contributed by atoms with Crippen LogP contribution < -0.4 is 15.5 Å². The van der Waals surface area contributed by atoms with E-state index in [4.69, 9.17) is 0 Å². The summed E-state index contributed by atoms with van der Waals surface area (Å²) in [4.78, 5) is 13.0. The molecule has 0 unspecified atom stereocenters. The summed E-state index contributed by atoms with van der Waals surface area (Å²) in [5.41, 5.74) is 2.02. The zero-order valence-electron chi connectivity index (χ0n) is 19.5. The van der Waals surface area contributed by atoms with Crippen molar-refractivity contribution >= 4 is 28.8 Å². The highest BCUT2D eigenvalue weighted by Gasteiger charge is 2.42. The highest BCUT2D eigenvalue weighted by molar-refractivity contribution is 5.68. The van der Waals surface area contributed by atoms with E-state index in [-0.39, 0.29) is 24.3 Å². The lowest BCUT2D eigenvalue weighted by molar-refractivity contribution is 0.146. The molecule has 3 aromatic rings. The summed E-state index contributed by atoms with van der Waals surface area (Å²) < 4.78 is 42.5. The quantitative estimate of drug-likeness (QED) is 0.448. The molecule has 7 nitrogen and oxygen atoms in total. The Hall–Kier alpha value is -3.37. The van der Waals surface area contributed by atoms with Gasteiger partial charge in [-0.25, -0.2) is 18.2 Å². The minimum absolute atomic E-state index is 0.0790. The largest absolute Gasteiger partial charge is 0.392 e. The molecule has 0 saturated carbocycles. The number of fused-ring (bicyclic) bond motifs is 2. The molecule has 2 fully saturated rings. The number of anilines is 5. The van der Waals surface area contributed by atoms with Crippen LogP contribution in [-0.2, 0) is 6.61 Å². The molecule has 2 saturated heterocycles. The molecule has 1 aromatic heterocycles. The van der Waals surface area contributed by atoms with Gasteiger partial charge in [0.1, 0.15) is 5.82 Å². The Kier molecular flexibility index (Phi) is 6.24. The molecule has 2 bridgehead atoms. The van der Waals surface area contributed by atoms with Gasteiger partial charge in [0.2, 0.25) is 5.95 Å². The number of aliphatic hydroxyl groups is 1. The molecule has 0 radical (unpaired) electrons. The maximum atomic E-state index is 15.1. The normalized spacial score (nSPS) is 19.6. The number of likely N-dealkylation sites (N-methyl/N-ethyl adjacent to an activating group) is 1. The molecule has 0 amide bonds. The van der Waals surface area contributed by atoms with E-state index < -0.39 is 17.8 Å². The van der Waals surface area contributed by atoms with Gasteiger partial charge in [0, 0.05) is 48.3 Å². The van der Waals surface area contributed by atoms with E-state index in [1.54, 1.807) is 30.5 Å². The Morgan fingerprint density at radius 2 is 1.97 bits per heavy atom. The molecular weight excluding hydrogens is 457 g/mol. The average molecular weight is 485 g/mol. The van der Waals surface area contributed by atoms with Gasteiger partial charge >= 0.3 is 0 Å². The topological polar surface area (TPSA) is 76.6 Å². The number of piperazine rings is 1. The van der Waals surface area contributed by atoms with Crippen molar-refractivity contribution in [3.05, 3.63) is 65.1 Å². The number of aryl methyl sites for hydroxylation is 1. The summed E-state index contributed by atoms with van der Waals surface area (Å²) in [5.74, 6) is -0.460. The van der Waals surface area contributed by atoms with E-state index in [1.165, 1.54) is 6.07 Å². The summed E-state index contributed by atoms with van der Waals surface area (Å²) in [6, 6.07) is 10.6. The first-order valence-corrected chi connectivity index (χ1v) is 11.5. The van der Waals surface area contributed by atoms with Crippen molar-refractivity contribution in [2.45, 2.75) is 38.5 Å². The molecular formula is C25H27F3N6O. The summed E-state index contributed by atoms with van der Waals surface area (Å²) >= 11 is 0. The van der Waals surface area contributed by atoms with Crippen LogP contribution >= 0.6 is 0 Å². The molecule has 2 aliphatic heterocycles. The molecule has 0 spiro atoms. The fourth-order valence-electron chi connectivity index (χ4n) is 4.86. The van der Waals surface area contributed by atoms with Crippen LogP contribution in [0.5, 0.6) is 0 Å². The molecule has 10 heteroatoms. The fourth-order valence-corrected chi connectivity index (χ4v) is 4.86. The molecule has 5 rings (SSSR count). The minimum Gasteiger partial charge on any atom is -0.392 e. The highest BCUT2D eigenvalue weighted by atomic mass is 19.3. The average Bonchev–Trinajstić information content (AvgIpc) is 3.42. The maximum absolute atomic E-state index is 15.1. The van der Waals surface area contributed by atoms with Crippen LogP contribution in [0.25, 0.3) is 0 Å². The molecule has 35 heavy (non-hydrogen) atoms. The molecule has 2 atom stereocenters. The van der Waals surface area contributed by atoms with E-state index in [0.29, 0.717) is 23.2 Å². The predicted octanol–water partition coefficient (Wildman–Crippen LogP) is 4.73. The Morgan fingerprint density at radius 1 is 1.14 bits per heavy atom. The summed E-state index contributed by atoms with van der Waals surface area (Å²) in [6.07, 6.45) is -0.416. The number of halogens is 3. The second kappa shape index (κ2) is 9.35. The number of benzene rings is 2. The monoisotopic (exact) mass is 484 g/mol. The zero-order chi connectivity index (χ0) is 24.7. The molecule has 2 aliphatic rings. The van der Waals surface area contributed by atoms with Crippen LogP contribution in [0.3, 0.4) is 0 Å². The van der Waals surface area contributed by atoms with Gasteiger partial charge in [0.25, 0.3) is 6.43 Å². The number of hydrogen-bond donors (Lipinski definition) is 3. The molecule has 2 aromatic carbocycles. The van der Waals surface area contributed by atoms with E-state index in [2.05, 4.69) is 37.4 Å². The van der Waals surface area contributed by atoms with Crippen molar-refractivity contribution in [3.8, 4) is 0 Å². The van der Waals surface area contributed by atoms with Crippen molar-refractivity contribution in [1.82, 2.24) is 14.9 Å². The Labute approximate surface area is 201 Å². The summed E-state index contributed by atoms with van der Waals surface area (Å²) in [6.45, 7) is 3.29. The van der Waals surface area contributed by atoms with Gasteiger partial charge in [-0.1, -0.05) is 12.1 Å². The number of aliphatic hydroxyl groups excluding tert-OH is 1. The van der Waals surface area contributed by atoms with E-state index >= 15 is 4.39 Å². The van der Waals surface area contributed by atoms with E-state index in [0.717, 1.165) is 30.6 Å². The van der Waals surface area contributed by atoms with Gasteiger partial charge in [-0.2, -0.15) is 4.98 Å². The van der Waals surface area contributed by atoms with Gasteiger partial charge in [-0.3, -0.25) is 4.90 Å². The van der Waals surface area contributed by atoms with Gasteiger partial charge in [0.05, 0.1) is 17.9 Å². The lowest BCUT2D eigenvalue weighted by atomic mass is 10.1. The first-order valence-electron chi connectivity index (χ1n) is 11.5. The predicted molar refractivity (Wildman–Crippen MR) is 129 cm³/mol. The third-order valence-electron chi connectivity index (χ3n) is 6.76. The van der Waals surface area contributed by atoms with E-state index in [1.807, 2.05) is 13.0 Å². The first-order chi connectivity index (χ1) is 16.8. The number of nitrogens with zero attached hydrogens (tertiary/aromatic N) is 4. The second-order valence-electron chi connectivity index (χ2n) is 9.17. The number of nitrogens with one attached hydrogen (secondary N) is 2. The number of likely N-dealkylation sites (tertiary alicyclic amines) is 1. The lowest BCUT2D eigenvalue weighted by Gasteiger charge is -2.34. The number of alkyl halides is 2. The van der Waals surface area contributed by atoms with Gasteiger partial charge in [-0.05, 0) is 50.2 Å². The van der Waals surface area contributed by atoms with Crippen LogP contribution in [0.2, 0.25) is 0 Å². The Bertz CT molecular complexity index is 1240. The van der Waals surface area contributed by atoms with Crippen LogP contribution in [0.1, 0.15) is 29.5 Å². The van der Waals surface area contributed by atoms with Crippen LogP contribution in [-0.4, -0.2) is 52.2 Å². The zero-order valence-corrected chi connectivity index (χ0v) is 19.5. The van der Waals surface area contributed by atoms with Crippen molar-refractivity contribution in [1.29, 1.82) is 0 Å². The van der Waals surface area contributed by atoms with Crippen LogP contribution in [0, 0.1) is 12.7 Å². The van der Waals surface area contributed by atoms with Crippen LogP contribution in [0.15, 0.2) is 42.6 Å². The SMILES string of the molecule is Cc1cnc(Nc2cc(N3C[C@@H]4C[C@H]3CN4C)cc(C(F)F)c2F)nc1Nc1cccc(CO)c1. The standard InChI is InChI=1S/C25H27F3N6O/c1-14-10-29-25(32-24(14)30-16-5-3-4-15(6-16)13-35)31-21-9-17(8-20(22(21)26)23(27)28)34-12-18-7-19(34)11-33(18)2/h3-6,8-10,18-19,23,35H,7,11-13H2,1-2H3,(H2,29,30,31,32)/t18-,19-/m0/s1. The van der Waals surface area contributed by atoms with Crippen molar-refractivity contribution < 1.29 is 18.3 Å². The third-order valence-corrected chi connectivity index (χ3v) is 6.76. The van der Waals surface area contributed by atoms with E-state index in [9.17, 15) is 13.9 Å². The summed E-state index contributed by atoms with van der Waals surface area (Å²) in [7, 11) is 2.06. The van der Waals surface area contributed by atoms with Crippen LogP contribution in [0.4, 0.5) is 42.0 Å². The molecule has 184 valence electrons. The number of hydrogen-bond acceptors (Lipinski definition) is 7. The first kappa shape index (κ1) is 23.4. The van der Waals surface area contributed by atoms with Gasteiger partial charge in [0.15, 0.2) is 5.82 Å². The van der Waals surface area contributed by atoms with Crippen molar-refractivity contribution in [2.75, 3.05) is 35.7 Å². The number of rotatable bonds is 7. The third kappa shape index (κ3) is 4.63. The molecule has 0 aliphatic carbocycles. The van der Waals surface area contributed by atoms with Gasteiger partial charge in [-0.15, -0.1) is 0 Å². The van der Waals surface area contributed by atoms with Crippen molar-refractivity contribution in [3.63, 3.8) is 0 Å². The number of aromatic nitrogens is 2. The fraction of sp³-hybridized carbons (Fsp3) is 0.360. The molecule has 3 heterocycles. The highest BCUT2D eigenvalue weighted by Crippen LogP contribution is 2.39. The Balaban J connectivity index is 1.44. The second-order valence-corrected chi connectivity index (χ2v) is 9.17. The minimum atomic E-state index is -2.95. The smallest absolute Gasteiger partial charge is 0.266 e. The van der Waals surface area contributed by atoms with Gasteiger partial charge < -0.3 is 20.6 Å². The lowest BCUT2D eigenvalue weighted by Crippen LogP contribution is -2.44. The van der Waals surface area contributed by atoms with Crippen molar-refractivity contribution in [2.24, 2.45) is 0 Å².